The van der Waals surface area contributed by atoms with Crippen molar-refractivity contribution >= 4 is 12.4 Å². The van der Waals surface area contributed by atoms with E-state index in [0.29, 0.717) is 6.41 Å². The van der Waals surface area contributed by atoms with Crippen LogP contribution in [0.3, 0.4) is 0 Å². The number of amides is 1. The summed E-state index contributed by atoms with van der Waals surface area (Å²) >= 11 is 0. The molecular formula is C18H17NO4. The van der Waals surface area contributed by atoms with Gasteiger partial charge in [-0.1, -0.05) is 48.5 Å². The largest absolute Gasteiger partial charge is 0.480 e. The summed E-state index contributed by atoms with van der Waals surface area (Å²) in [7, 11) is 0. The summed E-state index contributed by atoms with van der Waals surface area (Å²) in [5.74, 6) is -1.13. The first-order valence-corrected chi connectivity index (χ1v) is 7.41. The first-order valence-electron chi connectivity index (χ1n) is 7.41. The van der Waals surface area contributed by atoms with E-state index in [-0.39, 0.29) is 12.5 Å². The van der Waals surface area contributed by atoms with Crippen molar-refractivity contribution in [1.82, 2.24) is 5.06 Å². The molecule has 0 aromatic heterocycles. The van der Waals surface area contributed by atoms with Gasteiger partial charge in [0.1, 0.15) is 0 Å². The van der Waals surface area contributed by atoms with E-state index in [1.54, 1.807) is 0 Å². The number of nitrogens with zero attached hydrogens (tertiary/aromatic N) is 1. The lowest BCUT2D eigenvalue weighted by Gasteiger charge is -2.23. The maximum absolute atomic E-state index is 11.1. The maximum atomic E-state index is 11.1. The molecule has 5 nitrogen and oxygen atoms in total. The van der Waals surface area contributed by atoms with Crippen molar-refractivity contribution in [2.24, 2.45) is 0 Å². The average Bonchev–Trinajstić information content (AvgIpc) is 2.89. The molecule has 1 aliphatic rings. The number of hydrogen-bond acceptors (Lipinski definition) is 3. The molecule has 1 aliphatic carbocycles. The molecule has 0 radical (unpaired) electrons. The fourth-order valence-corrected chi connectivity index (χ4v) is 2.94. The minimum atomic E-state index is -1.11. The van der Waals surface area contributed by atoms with Gasteiger partial charge in [0.2, 0.25) is 6.41 Å². The van der Waals surface area contributed by atoms with Gasteiger partial charge < -0.3 is 5.11 Å². The minimum absolute atomic E-state index is 0.0224. The van der Waals surface area contributed by atoms with E-state index in [1.807, 2.05) is 36.4 Å². The maximum Gasteiger partial charge on any atom is 0.328 e. The molecule has 2 aromatic carbocycles. The Morgan fingerprint density at radius 1 is 1.17 bits per heavy atom. The highest BCUT2D eigenvalue weighted by molar-refractivity contribution is 5.78. The Morgan fingerprint density at radius 3 is 2.17 bits per heavy atom. The zero-order valence-corrected chi connectivity index (χ0v) is 12.7. The van der Waals surface area contributed by atoms with E-state index >= 15 is 0 Å². The molecular weight excluding hydrogens is 294 g/mol. The van der Waals surface area contributed by atoms with Crippen LogP contribution in [0.5, 0.6) is 0 Å². The standard InChI is InChI=1S/C18H17NO4/c1-12(18(21)22)19(11-20)23-10-17-15-8-4-2-6-13(15)14-7-3-5-9-16(14)17/h2-9,11-12,17H,10H2,1H3,(H,21,22)/t12-/m0/s1. The molecule has 0 bridgehead atoms. The summed E-state index contributed by atoms with van der Waals surface area (Å²) in [6.07, 6.45) is 0.408. The van der Waals surface area contributed by atoms with Crippen molar-refractivity contribution in [1.29, 1.82) is 0 Å². The number of carboxylic acids is 1. The Balaban J connectivity index is 1.86. The summed E-state index contributed by atoms with van der Waals surface area (Å²) in [5.41, 5.74) is 4.56. The van der Waals surface area contributed by atoms with Crippen molar-refractivity contribution in [2.45, 2.75) is 18.9 Å². The van der Waals surface area contributed by atoms with Crippen LogP contribution in [0.15, 0.2) is 48.5 Å². The number of fused-ring (bicyclic) bond motifs is 3. The van der Waals surface area contributed by atoms with Gasteiger partial charge in [-0.05, 0) is 29.2 Å². The molecule has 0 unspecified atom stereocenters. The highest BCUT2D eigenvalue weighted by Crippen LogP contribution is 2.44. The molecule has 1 N–H and O–H groups in total. The summed E-state index contributed by atoms with van der Waals surface area (Å²) in [4.78, 5) is 27.6. The van der Waals surface area contributed by atoms with Gasteiger partial charge in [-0.25, -0.2) is 9.86 Å². The quantitative estimate of drug-likeness (QED) is 0.658. The van der Waals surface area contributed by atoms with Gasteiger partial charge >= 0.3 is 5.97 Å². The molecule has 0 heterocycles. The number of hydrogen-bond donors (Lipinski definition) is 1. The molecule has 0 saturated heterocycles. The summed E-state index contributed by atoms with van der Waals surface area (Å²) in [6, 6.07) is 15.1. The predicted molar refractivity (Wildman–Crippen MR) is 84.7 cm³/mol. The predicted octanol–water partition coefficient (Wildman–Crippen LogP) is 2.66. The van der Waals surface area contributed by atoms with Crippen molar-refractivity contribution in [3.8, 4) is 11.1 Å². The minimum Gasteiger partial charge on any atom is -0.480 e. The average molecular weight is 311 g/mol. The van der Waals surface area contributed by atoms with Crippen molar-refractivity contribution < 1.29 is 19.5 Å². The zero-order valence-electron chi connectivity index (χ0n) is 12.7. The number of carboxylic acid groups (broad SMARTS) is 1. The van der Waals surface area contributed by atoms with Crippen LogP contribution in [0.2, 0.25) is 0 Å². The Hall–Kier alpha value is -2.66. The molecule has 0 spiro atoms. The first kappa shape index (κ1) is 15.2. The zero-order chi connectivity index (χ0) is 16.4. The Bertz CT molecular complexity index is 698. The van der Waals surface area contributed by atoms with Crippen LogP contribution < -0.4 is 0 Å². The lowest BCUT2D eigenvalue weighted by Crippen LogP contribution is -2.38. The van der Waals surface area contributed by atoms with Crippen LogP contribution in [0.1, 0.15) is 24.0 Å². The van der Waals surface area contributed by atoms with E-state index < -0.39 is 12.0 Å². The fraction of sp³-hybridized carbons (Fsp3) is 0.222. The lowest BCUT2D eigenvalue weighted by atomic mass is 9.98. The first-order chi connectivity index (χ1) is 11.1. The Kier molecular flexibility index (Phi) is 4.12. The van der Waals surface area contributed by atoms with E-state index in [9.17, 15) is 9.59 Å². The summed E-state index contributed by atoms with van der Waals surface area (Å²) in [5, 5.41) is 9.86. The van der Waals surface area contributed by atoms with Crippen LogP contribution in [0, 0.1) is 0 Å². The second-order valence-corrected chi connectivity index (χ2v) is 5.50. The molecule has 0 aliphatic heterocycles. The SMILES string of the molecule is C[C@@H](C(=O)O)N(C=O)OCC1c2ccccc2-c2ccccc21. The monoisotopic (exact) mass is 311 g/mol. The Morgan fingerprint density at radius 2 is 1.70 bits per heavy atom. The number of aliphatic carboxylic acids is 1. The van der Waals surface area contributed by atoms with Gasteiger partial charge in [-0.2, -0.15) is 0 Å². The van der Waals surface area contributed by atoms with Crippen LogP contribution in [0.25, 0.3) is 11.1 Å². The number of rotatable bonds is 6. The van der Waals surface area contributed by atoms with E-state index in [1.165, 1.54) is 6.92 Å². The highest BCUT2D eigenvalue weighted by Gasteiger charge is 2.30. The second kappa shape index (κ2) is 6.22. The number of carbonyl (C=O) groups is 2. The molecule has 0 saturated carbocycles. The van der Waals surface area contributed by atoms with Crippen molar-refractivity contribution in [3.05, 3.63) is 59.7 Å². The van der Waals surface area contributed by atoms with Crippen molar-refractivity contribution in [3.63, 3.8) is 0 Å². The number of hydroxylamine groups is 2. The smallest absolute Gasteiger partial charge is 0.328 e. The molecule has 5 heteroatoms. The highest BCUT2D eigenvalue weighted by atomic mass is 16.7. The summed E-state index contributed by atoms with van der Waals surface area (Å²) < 4.78 is 0. The second-order valence-electron chi connectivity index (χ2n) is 5.50. The van der Waals surface area contributed by atoms with E-state index in [0.717, 1.165) is 27.3 Å². The summed E-state index contributed by atoms with van der Waals surface area (Å²) in [6.45, 7) is 1.62. The lowest BCUT2D eigenvalue weighted by molar-refractivity contribution is -0.194. The van der Waals surface area contributed by atoms with Gasteiger partial charge in [0.05, 0.1) is 6.61 Å². The molecule has 1 amide bonds. The molecule has 2 aromatic rings. The third-order valence-corrected chi connectivity index (χ3v) is 4.20. The molecule has 3 rings (SSSR count). The number of carbonyl (C=O) groups excluding carboxylic acids is 1. The van der Waals surface area contributed by atoms with Gasteiger partial charge in [-0.15, -0.1) is 0 Å². The van der Waals surface area contributed by atoms with Gasteiger partial charge in [0.25, 0.3) is 0 Å². The topological polar surface area (TPSA) is 66.8 Å². The van der Waals surface area contributed by atoms with Crippen molar-refractivity contribution in [2.75, 3.05) is 6.61 Å². The fourth-order valence-electron chi connectivity index (χ4n) is 2.94. The van der Waals surface area contributed by atoms with E-state index in [2.05, 4.69) is 12.1 Å². The van der Waals surface area contributed by atoms with Crippen LogP contribution in [-0.4, -0.2) is 35.2 Å². The molecule has 0 fully saturated rings. The van der Waals surface area contributed by atoms with Gasteiger partial charge in [-0.3, -0.25) is 9.63 Å². The van der Waals surface area contributed by atoms with Gasteiger partial charge in [0.15, 0.2) is 6.04 Å². The Labute approximate surface area is 134 Å². The van der Waals surface area contributed by atoms with Crippen LogP contribution >= 0.6 is 0 Å². The third kappa shape index (κ3) is 2.71. The third-order valence-electron chi connectivity index (χ3n) is 4.20. The van der Waals surface area contributed by atoms with Crippen LogP contribution in [0.4, 0.5) is 0 Å². The molecule has 118 valence electrons. The van der Waals surface area contributed by atoms with E-state index in [4.69, 9.17) is 9.94 Å². The van der Waals surface area contributed by atoms with Gasteiger partial charge in [0, 0.05) is 5.92 Å². The normalized spacial score (nSPS) is 14.0. The van der Waals surface area contributed by atoms with Crippen LogP contribution in [-0.2, 0) is 14.4 Å². The molecule has 1 atom stereocenters. The molecule has 23 heavy (non-hydrogen) atoms. The number of benzene rings is 2.